The Balaban J connectivity index is 1.27. The van der Waals surface area contributed by atoms with Gasteiger partial charge in [-0.15, -0.1) is 0 Å². The maximum absolute atomic E-state index is 5.27. The highest BCUT2D eigenvalue weighted by Gasteiger charge is 2.30. The van der Waals surface area contributed by atoms with Gasteiger partial charge in [0.05, 0.1) is 35.2 Å². The zero-order valence-electron chi connectivity index (χ0n) is 15.3. The SMILES string of the molecule is COc1ccc2nc(NCCN=C3Nc4ccccc4N4CNN=C34)sc2c1. The van der Waals surface area contributed by atoms with Gasteiger partial charge in [-0.25, -0.2) is 4.98 Å². The Morgan fingerprint density at radius 2 is 2.21 bits per heavy atom. The van der Waals surface area contributed by atoms with Crippen LogP contribution in [0.5, 0.6) is 5.75 Å². The van der Waals surface area contributed by atoms with E-state index in [1.807, 2.05) is 36.4 Å². The normalized spacial score (nSPS) is 16.2. The lowest BCUT2D eigenvalue weighted by Gasteiger charge is -2.28. The number of methoxy groups -OCH3 is 1. The minimum Gasteiger partial charge on any atom is -0.497 e. The van der Waals surface area contributed by atoms with Crippen LogP contribution in [0.4, 0.5) is 16.5 Å². The molecule has 1 aromatic heterocycles. The van der Waals surface area contributed by atoms with E-state index in [9.17, 15) is 0 Å². The molecule has 3 N–H and O–H groups in total. The average Bonchev–Trinajstić information content (AvgIpc) is 3.37. The zero-order valence-corrected chi connectivity index (χ0v) is 16.1. The lowest BCUT2D eigenvalue weighted by Crippen LogP contribution is -2.42. The number of para-hydroxylation sites is 2. The fraction of sp³-hybridized carbons (Fsp3) is 0.211. The van der Waals surface area contributed by atoms with E-state index in [0.29, 0.717) is 19.8 Å². The second kappa shape index (κ2) is 7.01. The van der Waals surface area contributed by atoms with E-state index < -0.39 is 0 Å². The molecule has 3 aromatic rings. The van der Waals surface area contributed by atoms with Crippen molar-refractivity contribution >= 4 is 49.7 Å². The van der Waals surface area contributed by atoms with Crippen LogP contribution in [-0.4, -0.2) is 43.5 Å². The summed E-state index contributed by atoms with van der Waals surface area (Å²) in [5, 5.41) is 12.0. The molecule has 2 aliphatic rings. The Bertz CT molecular complexity index is 1090. The Morgan fingerprint density at radius 3 is 3.14 bits per heavy atom. The summed E-state index contributed by atoms with van der Waals surface area (Å²) in [5.41, 5.74) is 6.14. The molecule has 0 amide bonds. The summed E-state index contributed by atoms with van der Waals surface area (Å²) in [4.78, 5) is 11.4. The molecule has 142 valence electrons. The Labute approximate surface area is 165 Å². The van der Waals surface area contributed by atoms with Crippen molar-refractivity contribution < 1.29 is 4.74 Å². The summed E-state index contributed by atoms with van der Waals surface area (Å²) in [6.07, 6.45) is 0. The lowest BCUT2D eigenvalue weighted by molar-refractivity contribution is 0.415. The summed E-state index contributed by atoms with van der Waals surface area (Å²) < 4.78 is 6.37. The minimum atomic E-state index is 0.608. The first-order valence-corrected chi connectivity index (χ1v) is 9.81. The standard InChI is InChI=1S/C19H19N7OS/c1-27-12-6-7-14-16(10-12)28-19(24-14)21-9-8-20-17-18-25-22-11-26(18)15-5-3-2-4-13(15)23-17/h2-7,10,22H,8-9,11H2,1H3,(H,20,23)(H,21,24). The molecule has 0 atom stereocenters. The van der Waals surface area contributed by atoms with Crippen molar-refractivity contribution in [1.29, 1.82) is 0 Å². The molecule has 8 nitrogen and oxygen atoms in total. The molecule has 3 heterocycles. The van der Waals surface area contributed by atoms with Crippen molar-refractivity contribution in [2.24, 2.45) is 10.1 Å². The summed E-state index contributed by atoms with van der Waals surface area (Å²) in [7, 11) is 1.67. The molecule has 2 aliphatic heterocycles. The van der Waals surface area contributed by atoms with Gasteiger partial charge < -0.3 is 20.3 Å². The van der Waals surface area contributed by atoms with Crippen LogP contribution < -0.4 is 25.7 Å². The molecule has 0 saturated carbocycles. The fourth-order valence-electron chi connectivity index (χ4n) is 3.24. The molecule has 0 unspecified atom stereocenters. The quantitative estimate of drug-likeness (QED) is 0.578. The van der Waals surface area contributed by atoms with Gasteiger partial charge in [0.1, 0.15) is 12.4 Å². The molecule has 9 heteroatoms. The number of aromatic nitrogens is 1. The van der Waals surface area contributed by atoms with Crippen molar-refractivity contribution in [1.82, 2.24) is 10.4 Å². The van der Waals surface area contributed by atoms with Crippen LogP contribution >= 0.6 is 11.3 Å². The molecule has 28 heavy (non-hydrogen) atoms. The number of nitrogens with zero attached hydrogens (tertiary/aromatic N) is 4. The number of hydrogen-bond acceptors (Lipinski definition) is 8. The van der Waals surface area contributed by atoms with Crippen molar-refractivity contribution in [3.63, 3.8) is 0 Å². The molecule has 0 saturated heterocycles. The van der Waals surface area contributed by atoms with Gasteiger partial charge >= 0.3 is 0 Å². The number of anilines is 3. The molecule has 2 aromatic carbocycles. The Kier molecular flexibility index (Phi) is 4.21. The highest BCUT2D eigenvalue weighted by Crippen LogP contribution is 2.31. The molecule has 0 spiro atoms. The van der Waals surface area contributed by atoms with Crippen LogP contribution in [0.2, 0.25) is 0 Å². The van der Waals surface area contributed by atoms with Gasteiger partial charge in [-0.2, -0.15) is 5.10 Å². The van der Waals surface area contributed by atoms with Crippen LogP contribution in [0.25, 0.3) is 10.2 Å². The van der Waals surface area contributed by atoms with Gasteiger partial charge in [-0.05, 0) is 30.3 Å². The predicted molar refractivity (Wildman–Crippen MR) is 115 cm³/mol. The number of aliphatic imine (C=N–C) groups is 1. The minimum absolute atomic E-state index is 0.608. The summed E-state index contributed by atoms with van der Waals surface area (Å²) in [6, 6.07) is 14.1. The topological polar surface area (TPSA) is 86.2 Å². The van der Waals surface area contributed by atoms with E-state index in [4.69, 9.17) is 9.73 Å². The average molecular weight is 393 g/mol. The largest absolute Gasteiger partial charge is 0.497 e. The van der Waals surface area contributed by atoms with Gasteiger partial charge in [0.15, 0.2) is 16.8 Å². The molecule has 0 aliphatic carbocycles. The molecule has 0 radical (unpaired) electrons. The van der Waals surface area contributed by atoms with Crippen molar-refractivity contribution in [2.45, 2.75) is 0 Å². The highest BCUT2D eigenvalue weighted by atomic mass is 32.1. The van der Waals surface area contributed by atoms with Crippen LogP contribution in [0.15, 0.2) is 52.6 Å². The third-order valence-electron chi connectivity index (χ3n) is 4.58. The van der Waals surface area contributed by atoms with Gasteiger partial charge in [0, 0.05) is 6.54 Å². The third kappa shape index (κ3) is 2.99. The van der Waals surface area contributed by atoms with Crippen molar-refractivity contribution in [2.75, 3.05) is 42.4 Å². The van der Waals surface area contributed by atoms with Gasteiger partial charge in [0.2, 0.25) is 0 Å². The number of hydrazone groups is 1. The van der Waals surface area contributed by atoms with Crippen LogP contribution in [0, 0.1) is 0 Å². The Hall–Kier alpha value is -3.33. The van der Waals surface area contributed by atoms with Gasteiger partial charge in [-0.1, -0.05) is 23.5 Å². The molecular weight excluding hydrogens is 374 g/mol. The second-order valence-electron chi connectivity index (χ2n) is 6.33. The molecule has 5 rings (SSSR count). The predicted octanol–water partition coefficient (Wildman–Crippen LogP) is 2.92. The molecule has 0 bridgehead atoms. The molecule has 0 fully saturated rings. The highest BCUT2D eigenvalue weighted by molar-refractivity contribution is 7.22. The summed E-state index contributed by atoms with van der Waals surface area (Å²) >= 11 is 1.61. The van der Waals surface area contributed by atoms with Crippen LogP contribution in [0.1, 0.15) is 0 Å². The fourth-order valence-corrected chi connectivity index (χ4v) is 4.16. The smallest absolute Gasteiger partial charge is 0.197 e. The van der Waals surface area contributed by atoms with E-state index in [-0.39, 0.29) is 0 Å². The lowest BCUT2D eigenvalue weighted by atomic mass is 10.2. The van der Waals surface area contributed by atoms with Crippen molar-refractivity contribution in [3.05, 3.63) is 42.5 Å². The third-order valence-corrected chi connectivity index (χ3v) is 5.56. The number of fused-ring (bicyclic) bond motifs is 4. The van der Waals surface area contributed by atoms with Crippen LogP contribution in [0.3, 0.4) is 0 Å². The number of benzene rings is 2. The first-order valence-electron chi connectivity index (χ1n) is 8.99. The zero-order chi connectivity index (χ0) is 18.9. The number of thiazole rings is 1. The number of nitrogens with one attached hydrogen (secondary N) is 3. The van der Waals surface area contributed by atoms with E-state index >= 15 is 0 Å². The van der Waals surface area contributed by atoms with Gasteiger partial charge in [0.25, 0.3) is 0 Å². The Morgan fingerprint density at radius 1 is 1.29 bits per heavy atom. The van der Waals surface area contributed by atoms with E-state index in [1.165, 1.54) is 0 Å². The van der Waals surface area contributed by atoms with Gasteiger partial charge in [-0.3, -0.25) is 10.4 Å². The first kappa shape index (κ1) is 16.8. The van der Waals surface area contributed by atoms with E-state index in [0.717, 1.165) is 44.1 Å². The maximum Gasteiger partial charge on any atom is 0.197 e. The first-order chi connectivity index (χ1) is 13.8. The van der Waals surface area contributed by atoms with E-state index in [1.54, 1.807) is 18.4 Å². The maximum atomic E-state index is 5.27. The number of ether oxygens (including phenoxy) is 1. The summed E-state index contributed by atoms with van der Waals surface area (Å²) in [5.74, 6) is 2.44. The molecular formula is C19H19N7OS. The van der Waals surface area contributed by atoms with Crippen molar-refractivity contribution in [3.8, 4) is 5.75 Å². The number of rotatable bonds is 5. The summed E-state index contributed by atoms with van der Waals surface area (Å²) in [6.45, 7) is 1.95. The van der Waals surface area contributed by atoms with E-state index in [2.05, 4.69) is 37.1 Å². The number of amidine groups is 2. The monoisotopic (exact) mass is 393 g/mol. The van der Waals surface area contributed by atoms with Crippen LogP contribution in [-0.2, 0) is 0 Å². The number of hydrogen-bond donors (Lipinski definition) is 3. The second-order valence-corrected chi connectivity index (χ2v) is 7.36.